The molecule has 0 radical (unpaired) electrons. The number of carbonyl (C=O) groups is 2. The summed E-state index contributed by atoms with van der Waals surface area (Å²) in [5.74, 6) is -0.696. The van der Waals surface area contributed by atoms with Crippen LogP contribution in [0.1, 0.15) is 24.2 Å². The zero-order chi connectivity index (χ0) is 14.6. The number of nitrogens with two attached hydrogens (primary N) is 1. The monoisotopic (exact) mass is 364 g/mol. The number of anilines is 1. The van der Waals surface area contributed by atoms with Gasteiger partial charge in [0, 0.05) is 16.7 Å². The maximum absolute atomic E-state index is 12.0. The van der Waals surface area contributed by atoms with Gasteiger partial charge in [-0.2, -0.15) is 0 Å². The lowest BCUT2D eigenvalue weighted by Gasteiger charge is -2.21. The minimum Gasteiger partial charge on any atom is -0.469 e. The van der Waals surface area contributed by atoms with Crippen molar-refractivity contribution in [3.63, 3.8) is 0 Å². The van der Waals surface area contributed by atoms with Gasteiger partial charge in [0.15, 0.2) is 0 Å². The number of ether oxygens (including phenoxy) is 1. The summed E-state index contributed by atoms with van der Waals surface area (Å²) in [4.78, 5) is 23.5. The van der Waals surface area contributed by atoms with Crippen LogP contribution < -0.4 is 11.1 Å². The van der Waals surface area contributed by atoms with Gasteiger partial charge in [-0.3, -0.25) is 9.59 Å². The first kappa shape index (κ1) is 18.7. The molecule has 0 aliphatic carbocycles. The number of hydrogen-bond donors (Lipinski definition) is 2. The van der Waals surface area contributed by atoms with E-state index in [-0.39, 0.29) is 30.8 Å². The van der Waals surface area contributed by atoms with E-state index in [9.17, 15) is 9.59 Å². The number of nitrogens with one attached hydrogen (secondary N) is 1. The standard InChI is InChI=1S/C13H17BrN2O3.ClH/c1-13(2,12(18)19-3)7-16-11(17)9-5-4-8(14)6-10(9)15;/h4-6H,7,15H2,1-3H3,(H,16,17);1H. The Labute approximate surface area is 132 Å². The molecule has 1 aromatic rings. The molecule has 0 aromatic heterocycles. The van der Waals surface area contributed by atoms with Gasteiger partial charge in [-0.05, 0) is 32.0 Å². The third-order valence-corrected chi connectivity index (χ3v) is 3.18. The molecule has 20 heavy (non-hydrogen) atoms. The van der Waals surface area contributed by atoms with Crippen LogP contribution in [-0.4, -0.2) is 25.5 Å². The quantitative estimate of drug-likeness (QED) is 0.634. The molecule has 0 spiro atoms. The third kappa shape index (κ3) is 4.68. The number of hydrogen-bond acceptors (Lipinski definition) is 4. The van der Waals surface area contributed by atoms with Crippen LogP contribution in [0.5, 0.6) is 0 Å². The Morgan fingerprint density at radius 2 is 2.00 bits per heavy atom. The Balaban J connectivity index is 0.00000361. The Hall–Kier alpha value is -1.27. The highest BCUT2D eigenvalue weighted by Crippen LogP contribution is 2.19. The SMILES string of the molecule is COC(=O)C(C)(C)CNC(=O)c1ccc(Br)cc1N.Cl. The molecule has 1 rings (SSSR count). The van der Waals surface area contributed by atoms with Crippen molar-refractivity contribution in [3.05, 3.63) is 28.2 Å². The lowest BCUT2D eigenvalue weighted by atomic mass is 9.93. The van der Waals surface area contributed by atoms with E-state index in [0.717, 1.165) is 4.47 Å². The van der Waals surface area contributed by atoms with Gasteiger partial charge in [0.2, 0.25) is 0 Å². The van der Waals surface area contributed by atoms with E-state index >= 15 is 0 Å². The van der Waals surface area contributed by atoms with Gasteiger partial charge in [0.25, 0.3) is 5.91 Å². The van der Waals surface area contributed by atoms with Crippen molar-refractivity contribution in [2.75, 3.05) is 19.4 Å². The lowest BCUT2D eigenvalue weighted by Crippen LogP contribution is -2.39. The molecule has 0 bridgehead atoms. The zero-order valence-electron chi connectivity index (χ0n) is 11.5. The molecular formula is C13H18BrClN2O3. The van der Waals surface area contributed by atoms with E-state index in [0.29, 0.717) is 11.3 Å². The summed E-state index contributed by atoms with van der Waals surface area (Å²) >= 11 is 3.27. The minimum absolute atomic E-state index is 0. The van der Waals surface area contributed by atoms with Gasteiger partial charge >= 0.3 is 5.97 Å². The van der Waals surface area contributed by atoms with Crippen LogP contribution in [0.3, 0.4) is 0 Å². The van der Waals surface area contributed by atoms with Crippen molar-refractivity contribution in [2.45, 2.75) is 13.8 Å². The molecule has 0 fully saturated rings. The second-order valence-electron chi connectivity index (χ2n) is 4.79. The fraction of sp³-hybridized carbons (Fsp3) is 0.385. The predicted molar refractivity (Wildman–Crippen MR) is 83.9 cm³/mol. The lowest BCUT2D eigenvalue weighted by molar-refractivity contribution is -0.150. The number of carbonyl (C=O) groups excluding carboxylic acids is 2. The first-order chi connectivity index (χ1) is 8.77. The van der Waals surface area contributed by atoms with Gasteiger partial charge in [-0.15, -0.1) is 12.4 Å². The largest absolute Gasteiger partial charge is 0.469 e. The molecule has 0 atom stereocenters. The molecule has 0 saturated heterocycles. The first-order valence-electron chi connectivity index (χ1n) is 5.69. The fourth-order valence-electron chi connectivity index (χ4n) is 1.49. The summed E-state index contributed by atoms with van der Waals surface area (Å²) in [6.45, 7) is 3.57. The molecule has 7 heteroatoms. The molecule has 3 N–H and O–H groups in total. The molecule has 112 valence electrons. The smallest absolute Gasteiger partial charge is 0.313 e. The summed E-state index contributed by atoms with van der Waals surface area (Å²) in [7, 11) is 1.32. The van der Waals surface area contributed by atoms with E-state index in [4.69, 9.17) is 5.73 Å². The Morgan fingerprint density at radius 3 is 2.50 bits per heavy atom. The molecule has 0 aliphatic heterocycles. The number of halogens is 2. The molecule has 5 nitrogen and oxygen atoms in total. The van der Waals surface area contributed by atoms with Gasteiger partial charge in [-0.25, -0.2) is 0 Å². The van der Waals surface area contributed by atoms with E-state index < -0.39 is 5.41 Å². The van der Waals surface area contributed by atoms with E-state index in [1.165, 1.54) is 7.11 Å². The van der Waals surface area contributed by atoms with E-state index in [1.54, 1.807) is 32.0 Å². The van der Waals surface area contributed by atoms with E-state index in [1.807, 2.05) is 0 Å². The fourth-order valence-corrected chi connectivity index (χ4v) is 1.86. The summed E-state index contributed by atoms with van der Waals surface area (Å²) in [5.41, 5.74) is 5.74. The third-order valence-electron chi connectivity index (χ3n) is 2.69. The second-order valence-corrected chi connectivity index (χ2v) is 5.71. The van der Waals surface area contributed by atoms with E-state index in [2.05, 4.69) is 26.0 Å². The zero-order valence-corrected chi connectivity index (χ0v) is 13.9. The molecule has 0 unspecified atom stereocenters. The molecule has 0 aliphatic rings. The van der Waals surface area contributed by atoms with Crippen molar-refractivity contribution < 1.29 is 14.3 Å². The average Bonchev–Trinajstić information content (AvgIpc) is 2.35. The van der Waals surface area contributed by atoms with Crippen molar-refractivity contribution in [1.29, 1.82) is 0 Å². The maximum atomic E-state index is 12.0. The van der Waals surface area contributed by atoms with Crippen LogP contribution in [-0.2, 0) is 9.53 Å². The van der Waals surface area contributed by atoms with Crippen LogP contribution in [0.15, 0.2) is 22.7 Å². The summed E-state index contributed by atoms with van der Waals surface area (Å²) < 4.78 is 5.47. The highest BCUT2D eigenvalue weighted by molar-refractivity contribution is 9.10. The van der Waals surface area contributed by atoms with Crippen molar-refractivity contribution in [3.8, 4) is 0 Å². The maximum Gasteiger partial charge on any atom is 0.313 e. The first-order valence-corrected chi connectivity index (χ1v) is 6.49. The summed E-state index contributed by atoms with van der Waals surface area (Å²) in [6, 6.07) is 5.01. The minimum atomic E-state index is -0.783. The topological polar surface area (TPSA) is 81.4 Å². The van der Waals surface area contributed by atoms with Crippen molar-refractivity contribution in [1.82, 2.24) is 5.32 Å². The molecule has 0 heterocycles. The molecule has 1 amide bonds. The number of rotatable bonds is 4. The van der Waals surface area contributed by atoms with Crippen molar-refractivity contribution in [2.24, 2.45) is 5.41 Å². The van der Waals surface area contributed by atoms with Gasteiger partial charge in [0.05, 0.1) is 18.1 Å². The molecular weight excluding hydrogens is 348 g/mol. The van der Waals surface area contributed by atoms with Gasteiger partial charge in [-0.1, -0.05) is 15.9 Å². The average molecular weight is 366 g/mol. The number of esters is 1. The van der Waals surface area contributed by atoms with Crippen LogP contribution in [0.4, 0.5) is 5.69 Å². The van der Waals surface area contributed by atoms with Crippen LogP contribution in [0.2, 0.25) is 0 Å². The molecule has 0 saturated carbocycles. The van der Waals surface area contributed by atoms with Gasteiger partial charge in [0.1, 0.15) is 0 Å². The highest BCUT2D eigenvalue weighted by Gasteiger charge is 2.29. The normalized spacial score (nSPS) is 10.4. The predicted octanol–water partition coefficient (Wildman–Crippen LogP) is 2.38. The van der Waals surface area contributed by atoms with Crippen LogP contribution in [0.25, 0.3) is 0 Å². The Morgan fingerprint density at radius 1 is 1.40 bits per heavy atom. The number of amides is 1. The van der Waals surface area contributed by atoms with Crippen LogP contribution in [0, 0.1) is 5.41 Å². The highest BCUT2D eigenvalue weighted by atomic mass is 79.9. The molecule has 1 aromatic carbocycles. The van der Waals surface area contributed by atoms with Crippen molar-refractivity contribution >= 4 is 45.9 Å². The second kappa shape index (κ2) is 7.50. The van der Waals surface area contributed by atoms with Crippen LogP contribution >= 0.6 is 28.3 Å². The number of nitrogen functional groups attached to an aromatic ring is 1. The number of benzene rings is 1. The Kier molecular flexibility index (Phi) is 7.02. The summed E-state index contributed by atoms with van der Waals surface area (Å²) in [6.07, 6.45) is 0. The number of methoxy groups -OCH3 is 1. The summed E-state index contributed by atoms with van der Waals surface area (Å²) in [5, 5.41) is 2.68. The van der Waals surface area contributed by atoms with Gasteiger partial charge < -0.3 is 15.8 Å². The Bertz CT molecular complexity index is 506.